The van der Waals surface area contributed by atoms with Gasteiger partial charge in [0.15, 0.2) is 0 Å². The van der Waals surface area contributed by atoms with Crippen molar-refractivity contribution in [3.63, 3.8) is 0 Å². The van der Waals surface area contributed by atoms with E-state index in [1.807, 2.05) is 17.8 Å². The second-order valence-electron chi connectivity index (χ2n) is 4.69. The number of nitrogens with one attached hydrogen (secondary N) is 1. The molecular weight excluding hydrogens is 217 g/mol. The van der Waals surface area contributed by atoms with Gasteiger partial charge in [0.25, 0.3) is 0 Å². The fourth-order valence-electron chi connectivity index (χ4n) is 2.66. The molecule has 0 saturated carbocycles. The van der Waals surface area contributed by atoms with E-state index < -0.39 is 0 Å². The molecule has 3 nitrogen and oxygen atoms in total. The van der Waals surface area contributed by atoms with Crippen LogP contribution in [0.5, 0.6) is 0 Å². The van der Waals surface area contributed by atoms with Gasteiger partial charge in [-0.15, -0.1) is 0 Å². The molecule has 1 saturated heterocycles. The second-order valence-corrected chi connectivity index (χ2v) is 4.69. The summed E-state index contributed by atoms with van der Waals surface area (Å²) in [4.78, 5) is 0. The maximum Gasteiger partial charge on any atom is 0.124 e. The minimum Gasteiger partial charge on any atom is -0.317 e. The van der Waals surface area contributed by atoms with Gasteiger partial charge in [-0.25, -0.2) is 4.39 Å². The molecule has 0 amide bonds. The largest absolute Gasteiger partial charge is 0.317 e. The molecule has 90 valence electrons. The summed E-state index contributed by atoms with van der Waals surface area (Å²) in [5, 5.41) is 8.89. The van der Waals surface area contributed by atoms with E-state index in [1.165, 1.54) is 6.07 Å². The predicted molar refractivity (Wildman–Crippen MR) is 65.5 cm³/mol. The summed E-state index contributed by atoms with van der Waals surface area (Å²) >= 11 is 0. The molecule has 0 atom stereocenters. The normalized spacial score (nSPS) is 17.8. The highest BCUT2D eigenvalue weighted by molar-refractivity contribution is 5.82. The summed E-state index contributed by atoms with van der Waals surface area (Å²) in [7, 11) is 1.92. The highest BCUT2D eigenvalue weighted by Crippen LogP contribution is 2.30. The van der Waals surface area contributed by atoms with E-state index in [4.69, 9.17) is 0 Å². The molecule has 0 radical (unpaired) electrons. The van der Waals surface area contributed by atoms with Crippen LogP contribution in [-0.2, 0) is 7.05 Å². The molecule has 1 aliphatic heterocycles. The Morgan fingerprint density at radius 1 is 1.35 bits per heavy atom. The first-order valence-electron chi connectivity index (χ1n) is 6.08. The third-order valence-corrected chi connectivity index (χ3v) is 3.57. The van der Waals surface area contributed by atoms with Crippen LogP contribution < -0.4 is 5.32 Å². The van der Waals surface area contributed by atoms with Crippen molar-refractivity contribution in [2.45, 2.75) is 18.8 Å². The van der Waals surface area contributed by atoms with Crippen LogP contribution in [0.4, 0.5) is 4.39 Å². The van der Waals surface area contributed by atoms with Crippen LogP contribution in [0.1, 0.15) is 24.5 Å². The minimum absolute atomic E-state index is 0.180. The number of halogens is 1. The molecule has 2 aromatic rings. The third kappa shape index (κ3) is 1.82. The van der Waals surface area contributed by atoms with Gasteiger partial charge in [-0.05, 0) is 44.1 Å². The van der Waals surface area contributed by atoms with E-state index in [9.17, 15) is 4.39 Å². The van der Waals surface area contributed by atoms with Gasteiger partial charge in [-0.2, -0.15) is 5.10 Å². The summed E-state index contributed by atoms with van der Waals surface area (Å²) in [6, 6.07) is 4.91. The number of fused-ring (bicyclic) bond motifs is 1. The van der Waals surface area contributed by atoms with Crippen LogP contribution in [0.25, 0.3) is 10.9 Å². The SMILES string of the molecule is Cn1nc(C2CCNCC2)c2cc(F)ccc21. The molecule has 1 aliphatic rings. The molecule has 17 heavy (non-hydrogen) atoms. The van der Waals surface area contributed by atoms with Gasteiger partial charge < -0.3 is 5.32 Å². The third-order valence-electron chi connectivity index (χ3n) is 3.57. The van der Waals surface area contributed by atoms with E-state index in [2.05, 4.69) is 10.4 Å². The molecule has 2 heterocycles. The van der Waals surface area contributed by atoms with Crippen molar-refractivity contribution in [1.82, 2.24) is 15.1 Å². The summed E-state index contributed by atoms with van der Waals surface area (Å²) < 4.78 is 15.2. The average Bonchev–Trinajstić information content (AvgIpc) is 2.67. The first-order valence-corrected chi connectivity index (χ1v) is 6.08. The van der Waals surface area contributed by atoms with Gasteiger partial charge in [-0.3, -0.25) is 4.68 Å². The van der Waals surface area contributed by atoms with Gasteiger partial charge in [0.2, 0.25) is 0 Å². The fraction of sp³-hybridized carbons (Fsp3) is 0.462. The standard InChI is InChI=1S/C13H16FN3/c1-17-12-3-2-10(14)8-11(12)13(16-17)9-4-6-15-7-5-9/h2-3,8-9,15H,4-7H2,1H3. The molecule has 1 aromatic carbocycles. The summed E-state index contributed by atoms with van der Waals surface area (Å²) in [5.74, 6) is 0.280. The Bertz CT molecular complexity index is 541. The van der Waals surface area contributed by atoms with E-state index in [-0.39, 0.29) is 5.82 Å². The molecule has 4 heteroatoms. The Morgan fingerprint density at radius 2 is 2.12 bits per heavy atom. The van der Waals surface area contributed by atoms with E-state index in [1.54, 1.807) is 6.07 Å². The van der Waals surface area contributed by atoms with Gasteiger partial charge in [0.05, 0.1) is 11.2 Å². The predicted octanol–water partition coefficient (Wildman–Crippen LogP) is 2.18. The molecule has 1 fully saturated rings. The van der Waals surface area contributed by atoms with Crippen LogP contribution in [0.3, 0.4) is 0 Å². The lowest BCUT2D eigenvalue weighted by atomic mass is 9.92. The maximum atomic E-state index is 13.3. The van der Waals surface area contributed by atoms with Crippen molar-refractivity contribution < 1.29 is 4.39 Å². The zero-order chi connectivity index (χ0) is 11.8. The lowest BCUT2D eigenvalue weighted by Crippen LogP contribution is -2.26. The highest BCUT2D eigenvalue weighted by atomic mass is 19.1. The Kier molecular flexibility index (Phi) is 2.59. The fourth-order valence-corrected chi connectivity index (χ4v) is 2.66. The van der Waals surface area contributed by atoms with Crippen LogP contribution in [0.15, 0.2) is 18.2 Å². The van der Waals surface area contributed by atoms with Crippen molar-refractivity contribution in [3.8, 4) is 0 Å². The first-order chi connectivity index (χ1) is 8.25. The van der Waals surface area contributed by atoms with Crippen molar-refractivity contribution in [2.75, 3.05) is 13.1 Å². The molecule has 0 unspecified atom stereocenters. The Morgan fingerprint density at radius 3 is 2.88 bits per heavy atom. The van der Waals surface area contributed by atoms with Crippen molar-refractivity contribution in [3.05, 3.63) is 29.7 Å². The number of hydrogen-bond donors (Lipinski definition) is 1. The number of aryl methyl sites for hydroxylation is 1. The summed E-state index contributed by atoms with van der Waals surface area (Å²) in [6.45, 7) is 2.05. The van der Waals surface area contributed by atoms with E-state index in [0.29, 0.717) is 5.92 Å². The van der Waals surface area contributed by atoms with Gasteiger partial charge >= 0.3 is 0 Å². The molecule has 1 aromatic heterocycles. The van der Waals surface area contributed by atoms with E-state index >= 15 is 0 Å². The molecular formula is C13H16FN3. The molecule has 0 bridgehead atoms. The van der Waals surface area contributed by atoms with E-state index in [0.717, 1.165) is 42.5 Å². The molecule has 0 aliphatic carbocycles. The van der Waals surface area contributed by atoms with Crippen LogP contribution in [0, 0.1) is 5.82 Å². The highest BCUT2D eigenvalue weighted by Gasteiger charge is 2.21. The average molecular weight is 233 g/mol. The Labute approximate surface area is 99.6 Å². The monoisotopic (exact) mass is 233 g/mol. The second kappa shape index (κ2) is 4.11. The van der Waals surface area contributed by atoms with Crippen LogP contribution >= 0.6 is 0 Å². The molecule has 0 spiro atoms. The van der Waals surface area contributed by atoms with Gasteiger partial charge in [-0.1, -0.05) is 0 Å². The number of aromatic nitrogens is 2. The van der Waals surface area contributed by atoms with Crippen LogP contribution in [0.2, 0.25) is 0 Å². The van der Waals surface area contributed by atoms with Crippen molar-refractivity contribution in [2.24, 2.45) is 7.05 Å². The number of hydrogen-bond acceptors (Lipinski definition) is 2. The lowest BCUT2D eigenvalue weighted by molar-refractivity contribution is 0.451. The summed E-state index contributed by atoms with van der Waals surface area (Å²) in [6.07, 6.45) is 2.17. The number of nitrogens with zero attached hydrogens (tertiary/aromatic N) is 2. The number of benzene rings is 1. The zero-order valence-electron chi connectivity index (χ0n) is 9.91. The zero-order valence-corrected chi connectivity index (χ0v) is 9.91. The molecule has 1 N–H and O–H groups in total. The summed E-state index contributed by atoms with van der Waals surface area (Å²) in [5.41, 5.74) is 2.07. The quantitative estimate of drug-likeness (QED) is 0.818. The lowest BCUT2D eigenvalue weighted by Gasteiger charge is -2.21. The Balaban J connectivity index is 2.11. The van der Waals surface area contributed by atoms with Crippen molar-refractivity contribution >= 4 is 10.9 Å². The van der Waals surface area contributed by atoms with Gasteiger partial charge in [0, 0.05) is 18.4 Å². The number of piperidine rings is 1. The van der Waals surface area contributed by atoms with Crippen molar-refractivity contribution in [1.29, 1.82) is 0 Å². The maximum absolute atomic E-state index is 13.3. The first kappa shape index (κ1) is 10.7. The van der Waals surface area contributed by atoms with Crippen LogP contribution in [-0.4, -0.2) is 22.9 Å². The number of rotatable bonds is 1. The topological polar surface area (TPSA) is 29.9 Å². The molecule has 3 rings (SSSR count). The van der Waals surface area contributed by atoms with Gasteiger partial charge in [0.1, 0.15) is 5.82 Å². The smallest absolute Gasteiger partial charge is 0.124 e. The Hall–Kier alpha value is -1.42. The minimum atomic E-state index is -0.180.